The summed E-state index contributed by atoms with van der Waals surface area (Å²) in [5, 5.41) is 3.07. The van der Waals surface area contributed by atoms with Crippen LogP contribution in [-0.2, 0) is 6.54 Å². The van der Waals surface area contributed by atoms with Crippen LogP contribution in [0.1, 0.15) is 32.3 Å². The molecule has 4 heteroatoms. The van der Waals surface area contributed by atoms with Gasteiger partial charge in [0.05, 0.1) is 10.9 Å². The summed E-state index contributed by atoms with van der Waals surface area (Å²) >= 11 is 0. The van der Waals surface area contributed by atoms with Crippen molar-refractivity contribution in [1.29, 1.82) is 0 Å². The van der Waals surface area contributed by atoms with E-state index in [0.29, 0.717) is 23.9 Å². The van der Waals surface area contributed by atoms with Gasteiger partial charge < -0.3 is 4.90 Å². The monoisotopic (exact) mass is 501 g/mol. The predicted molar refractivity (Wildman–Crippen MR) is 159 cm³/mol. The Hall–Kier alpha value is -3.76. The molecule has 192 valence electrons. The number of hydrogen-bond acceptors (Lipinski definition) is 3. The van der Waals surface area contributed by atoms with Crippen LogP contribution in [0.5, 0.6) is 0 Å². The summed E-state index contributed by atoms with van der Waals surface area (Å²) in [6.07, 6.45) is 2.31. The lowest BCUT2D eigenvalue weighted by molar-refractivity contribution is 0.130. The van der Waals surface area contributed by atoms with E-state index in [0.717, 1.165) is 53.1 Å². The number of piperidine rings is 1. The molecule has 1 unspecified atom stereocenters. The third-order valence-corrected chi connectivity index (χ3v) is 8.16. The van der Waals surface area contributed by atoms with Crippen LogP contribution in [0.25, 0.3) is 44.2 Å². The van der Waals surface area contributed by atoms with Crippen molar-refractivity contribution in [2.24, 2.45) is 5.92 Å². The van der Waals surface area contributed by atoms with Crippen LogP contribution in [0.4, 0.5) is 0 Å². The molecule has 0 radical (unpaired) electrons. The fourth-order valence-corrected chi connectivity index (χ4v) is 6.04. The van der Waals surface area contributed by atoms with Gasteiger partial charge in [0, 0.05) is 24.7 Å². The molecule has 0 N–H and O–H groups in total. The molecule has 0 amide bonds. The van der Waals surface area contributed by atoms with Gasteiger partial charge >= 0.3 is 0 Å². The van der Waals surface area contributed by atoms with Crippen molar-refractivity contribution in [3.05, 3.63) is 101 Å². The number of nitrogens with zero attached hydrogens (tertiary/aromatic N) is 3. The number of aryl methyl sites for hydroxylation is 1. The van der Waals surface area contributed by atoms with Gasteiger partial charge in [-0.3, -0.25) is 9.36 Å². The van der Waals surface area contributed by atoms with Crippen molar-refractivity contribution in [2.45, 2.75) is 46.2 Å². The predicted octanol–water partition coefficient (Wildman–Crippen LogP) is 7.31. The zero-order chi connectivity index (χ0) is 26.2. The Morgan fingerprint density at radius 1 is 0.895 bits per heavy atom. The molecule has 1 saturated heterocycles. The van der Waals surface area contributed by atoms with E-state index in [9.17, 15) is 4.79 Å². The molecule has 1 atom stereocenters. The van der Waals surface area contributed by atoms with E-state index in [4.69, 9.17) is 4.98 Å². The van der Waals surface area contributed by atoms with Crippen molar-refractivity contribution in [3.8, 4) is 22.5 Å². The standard InChI is InChI=1S/C34H35N3O/c1-23(2)36-19-9-11-25(21-36)22-37-33(28-14-6-4-10-24(28)3)35-32-18-17-27(20-31(32)34(37)38)30-16-8-13-26-12-5-7-15-29(26)30/h4-8,10,12-18,20,23,25H,9,11,19,21-22H2,1-3H3. The lowest BCUT2D eigenvalue weighted by Crippen LogP contribution is -2.42. The van der Waals surface area contributed by atoms with Gasteiger partial charge in [-0.2, -0.15) is 0 Å². The van der Waals surface area contributed by atoms with Crippen LogP contribution >= 0.6 is 0 Å². The molecule has 1 aliphatic rings. The van der Waals surface area contributed by atoms with Gasteiger partial charge in [-0.05, 0) is 85.7 Å². The van der Waals surface area contributed by atoms with Crippen molar-refractivity contribution >= 4 is 21.7 Å². The second-order valence-corrected chi connectivity index (χ2v) is 11.0. The Kier molecular flexibility index (Phi) is 6.59. The smallest absolute Gasteiger partial charge is 0.261 e. The highest BCUT2D eigenvalue weighted by atomic mass is 16.1. The van der Waals surface area contributed by atoms with Gasteiger partial charge in [-0.1, -0.05) is 72.8 Å². The second kappa shape index (κ2) is 10.2. The average molecular weight is 502 g/mol. The van der Waals surface area contributed by atoms with Gasteiger partial charge in [0.15, 0.2) is 0 Å². The maximum absolute atomic E-state index is 14.3. The average Bonchev–Trinajstić information content (AvgIpc) is 2.94. The van der Waals surface area contributed by atoms with Crippen molar-refractivity contribution < 1.29 is 0 Å². The largest absolute Gasteiger partial charge is 0.301 e. The summed E-state index contributed by atoms with van der Waals surface area (Å²) in [5.74, 6) is 1.20. The first-order valence-electron chi connectivity index (χ1n) is 13.8. The van der Waals surface area contributed by atoms with Gasteiger partial charge in [-0.15, -0.1) is 0 Å². The van der Waals surface area contributed by atoms with E-state index in [1.807, 2.05) is 28.8 Å². The van der Waals surface area contributed by atoms with Crippen LogP contribution in [0.15, 0.2) is 89.7 Å². The Labute approximate surface area is 224 Å². The highest BCUT2D eigenvalue weighted by Crippen LogP contribution is 2.31. The minimum Gasteiger partial charge on any atom is -0.301 e. The molecule has 38 heavy (non-hydrogen) atoms. The Morgan fingerprint density at radius 2 is 1.66 bits per heavy atom. The molecule has 5 aromatic rings. The summed E-state index contributed by atoms with van der Waals surface area (Å²) in [4.78, 5) is 22.0. The van der Waals surface area contributed by atoms with Crippen LogP contribution in [0.3, 0.4) is 0 Å². The highest BCUT2D eigenvalue weighted by Gasteiger charge is 2.24. The summed E-state index contributed by atoms with van der Waals surface area (Å²) < 4.78 is 1.96. The zero-order valence-corrected chi connectivity index (χ0v) is 22.5. The summed E-state index contributed by atoms with van der Waals surface area (Å²) in [6.45, 7) is 9.47. The molecule has 0 saturated carbocycles. The fraction of sp³-hybridized carbons (Fsp3) is 0.294. The molecular formula is C34H35N3O. The topological polar surface area (TPSA) is 38.1 Å². The second-order valence-electron chi connectivity index (χ2n) is 11.0. The molecule has 4 nitrogen and oxygen atoms in total. The van der Waals surface area contributed by atoms with Gasteiger partial charge in [0.2, 0.25) is 0 Å². The molecule has 0 spiro atoms. The van der Waals surface area contributed by atoms with Crippen molar-refractivity contribution in [1.82, 2.24) is 14.5 Å². The lowest BCUT2D eigenvalue weighted by Gasteiger charge is -2.36. The Morgan fingerprint density at radius 3 is 2.50 bits per heavy atom. The van der Waals surface area contributed by atoms with Crippen LogP contribution in [-0.4, -0.2) is 33.6 Å². The first-order chi connectivity index (χ1) is 18.5. The molecular weight excluding hydrogens is 466 g/mol. The normalized spacial score (nSPS) is 16.5. The summed E-state index contributed by atoms with van der Waals surface area (Å²) in [6, 6.07) is 29.7. The molecule has 1 aromatic heterocycles. The Bertz CT molecular complexity index is 1680. The molecule has 1 aliphatic heterocycles. The van der Waals surface area contributed by atoms with E-state index < -0.39 is 0 Å². The molecule has 0 bridgehead atoms. The number of aromatic nitrogens is 2. The number of likely N-dealkylation sites (tertiary alicyclic amines) is 1. The number of hydrogen-bond donors (Lipinski definition) is 0. The van der Waals surface area contributed by atoms with E-state index in [1.54, 1.807) is 0 Å². The van der Waals surface area contributed by atoms with Gasteiger partial charge in [-0.25, -0.2) is 4.98 Å². The van der Waals surface area contributed by atoms with Crippen LogP contribution in [0.2, 0.25) is 0 Å². The van der Waals surface area contributed by atoms with Crippen LogP contribution < -0.4 is 5.56 Å². The third-order valence-electron chi connectivity index (χ3n) is 8.16. The van der Waals surface area contributed by atoms with E-state index in [2.05, 4.69) is 86.3 Å². The quantitative estimate of drug-likeness (QED) is 0.253. The SMILES string of the molecule is Cc1ccccc1-c1nc2ccc(-c3cccc4ccccc34)cc2c(=O)n1CC1CCCN(C(C)C)C1. The van der Waals surface area contributed by atoms with E-state index >= 15 is 0 Å². The number of benzene rings is 4. The highest BCUT2D eigenvalue weighted by molar-refractivity contribution is 5.98. The number of rotatable bonds is 5. The van der Waals surface area contributed by atoms with Crippen molar-refractivity contribution in [2.75, 3.05) is 13.1 Å². The zero-order valence-electron chi connectivity index (χ0n) is 22.5. The van der Waals surface area contributed by atoms with Gasteiger partial charge in [0.25, 0.3) is 5.56 Å². The summed E-state index contributed by atoms with van der Waals surface area (Å²) in [5.41, 5.74) is 5.15. The minimum absolute atomic E-state index is 0.0528. The van der Waals surface area contributed by atoms with Crippen LogP contribution in [0, 0.1) is 12.8 Å². The molecule has 0 aliphatic carbocycles. The number of fused-ring (bicyclic) bond motifs is 2. The maximum atomic E-state index is 14.3. The molecule has 1 fully saturated rings. The lowest BCUT2D eigenvalue weighted by atomic mass is 9.96. The molecule has 2 heterocycles. The first kappa shape index (κ1) is 24.6. The molecule has 6 rings (SSSR count). The minimum atomic E-state index is 0.0528. The van der Waals surface area contributed by atoms with Crippen molar-refractivity contribution in [3.63, 3.8) is 0 Å². The van der Waals surface area contributed by atoms with E-state index in [1.165, 1.54) is 17.2 Å². The fourth-order valence-electron chi connectivity index (χ4n) is 6.04. The maximum Gasteiger partial charge on any atom is 0.261 e. The third kappa shape index (κ3) is 4.54. The van der Waals surface area contributed by atoms with Gasteiger partial charge in [0.1, 0.15) is 5.82 Å². The Balaban J connectivity index is 1.51. The molecule has 4 aromatic carbocycles. The first-order valence-corrected chi connectivity index (χ1v) is 13.8. The summed E-state index contributed by atoms with van der Waals surface area (Å²) in [7, 11) is 0. The van der Waals surface area contributed by atoms with E-state index in [-0.39, 0.29) is 5.56 Å².